The smallest absolute Gasteiger partial charge is 0.236 e. The number of amides is 1. The van der Waals surface area contributed by atoms with Crippen LogP contribution in [0.1, 0.15) is 26.7 Å². The fourth-order valence-corrected chi connectivity index (χ4v) is 4.16. The molecular weight excluding hydrogens is 356 g/mol. The summed E-state index contributed by atoms with van der Waals surface area (Å²) in [7, 11) is 1.59. The van der Waals surface area contributed by atoms with Crippen molar-refractivity contribution in [3.05, 3.63) is 12.1 Å². The van der Waals surface area contributed by atoms with Crippen molar-refractivity contribution in [2.24, 2.45) is 0 Å². The average Bonchev–Trinajstić information content (AvgIpc) is 2.76. The predicted octanol–water partition coefficient (Wildman–Crippen LogP) is 0.940. The lowest BCUT2D eigenvalue weighted by atomic mass is 10.1. The Morgan fingerprint density at radius 2 is 1.68 bits per heavy atom. The van der Waals surface area contributed by atoms with Crippen molar-refractivity contribution in [1.82, 2.24) is 24.9 Å². The van der Waals surface area contributed by atoms with Crippen LogP contribution in [-0.2, 0) is 4.79 Å². The van der Waals surface area contributed by atoms with E-state index in [2.05, 4.69) is 38.7 Å². The van der Waals surface area contributed by atoms with Gasteiger partial charge in [-0.1, -0.05) is 13.8 Å². The van der Waals surface area contributed by atoms with Gasteiger partial charge in [-0.05, 0) is 18.9 Å². The predicted molar refractivity (Wildman–Crippen MR) is 110 cm³/mol. The van der Waals surface area contributed by atoms with Gasteiger partial charge in [0.2, 0.25) is 11.8 Å². The van der Waals surface area contributed by atoms with Gasteiger partial charge in [0.05, 0.1) is 13.7 Å². The van der Waals surface area contributed by atoms with E-state index in [1.807, 2.05) is 17.0 Å². The molecule has 0 aromatic carbocycles. The van der Waals surface area contributed by atoms with Gasteiger partial charge in [0.25, 0.3) is 0 Å². The molecule has 0 unspecified atom stereocenters. The zero-order chi connectivity index (χ0) is 19.9. The largest absolute Gasteiger partial charge is 0.480 e. The zero-order valence-electron chi connectivity index (χ0n) is 17.5. The maximum atomic E-state index is 12.7. The topological polar surface area (TPSA) is 65.0 Å². The number of rotatable bonds is 7. The summed E-state index contributed by atoms with van der Waals surface area (Å²) in [4.78, 5) is 21.8. The fourth-order valence-electron chi connectivity index (χ4n) is 4.16. The summed E-state index contributed by atoms with van der Waals surface area (Å²) >= 11 is 0. The molecule has 2 saturated heterocycles. The van der Waals surface area contributed by atoms with E-state index in [9.17, 15) is 4.79 Å². The van der Waals surface area contributed by atoms with Crippen molar-refractivity contribution in [2.45, 2.75) is 32.7 Å². The zero-order valence-corrected chi connectivity index (χ0v) is 17.5. The fraction of sp³-hybridized carbons (Fsp3) is 0.750. The molecule has 0 atom stereocenters. The quantitative estimate of drug-likeness (QED) is 0.686. The number of carbonyl (C=O) groups excluding carboxylic acids is 1. The van der Waals surface area contributed by atoms with Crippen molar-refractivity contribution in [1.29, 1.82) is 0 Å². The second-order valence-corrected chi connectivity index (χ2v) is 7.58. The lowest BCUT2D eigenvalue weighted by Gasteiger charge is -2.40. The van der Waals surface area contributed by atoms with E-state index in [1.165, 1.54) is 12.8 Å². The van der Waals surface area contributed by atoms with Gasteiger partial charge >= 0.3 is 0 Å². The van der Waals surface area contributed by atoms with Crippen LogP contribution < -0.4 is 9.64 Å². The van der Waals surface area contributed by atoms with Crippen LogP contribution in [0.25, 0.3) is 0 Å². The Labute approximate surface area is 168 Å². The Morgan fingerprint density at radius 1 is 1.00 bits per heavy atom. The Balaban J connectivity index is 1.41. The normalized spacial score (nSPS) is 19.3. The van der Waals surface area contributed by atoms with Crippen molar-refractivity contribution in [3.8, 4) is 5.88 Å². The minimum Gasteiger partial charge on any atom is -0.480 e. The third kappa shape index (κ3) is 5.11. The number of aromatic nitrogens is 2. The molecule has 0 spiro atoms. The molecular formula is C20H34N6O2. The summed E-state index contributed by atoms with van der Waals surface area (Å²) in [5.74, 6) is 1.66. The molecule has 8 heteroatoms. The Hall–Kier alpha value is -1.93. The minimum atomic E-state index is 0.266. The molecule has 3 rings (SSSR count). The van der Waals surface area contributed by atoms with Crippen LogP contribution in [0, 0.1) is 0 Å². The summed E-state index contributed by atoms with van der Waals surface area (Å²) in [5.41, 5.74) is 0. The Bertz CT molecular complexity index is 606. The van der Waals surface area contributed by atoms with E-state index in [-0.39, 0.29) is 5.91 Å². The van der Waals surface area contributed by atoms with E-state index < -0.39 is 0 Å². The van der Waals surface area contributed by atoms with E-state index in [1.54, 1.807) is 7.11 Å². The molecule has 1 aromatic rings. The highest BCUT2D eigenvalue weighted by Crippen LogP contribution is 2.16. The molecule has 3 heterocycles. The van der Waals surface area contributed by atoms with Gasteiger partial charge in [-0.25, -0.2) is 0 Å². The van der Waals surface area contributed by atoms with Crippen LogP contribution in [0.2, 0.25) is 0 Å². The molecule has 1 amide bonds. The monoisotopic (exact) mass is 390 g/mol. The number of nitrogens with zero attached hydrogens (tertiary/aromatic N) is 6. The molecule has 156 valence electrons. The third-order valence-corrected chi connectivity index (χ3v) is 6.02. The minimum absolute atomic E-state index is 0.266. The van der Waals surface area contributed by atoms with Crippen molar-refractivity contribution in [3.63, 3.8) is 0 Å². The van der Waals surface area contributed by atoms with Crippen LogP contribution >= 0.6 is 0 Å². The van der Waals surface area contributed by atoms with Gasteiger partial charge in [-0.15, -0.1) is 10.2 Å². The van der Waals surface area contributed by atoms with E-state index >= 15 is 0 Å². The number of piperazine rings is 2. The lowest BCUT2D eigenvalue weighted by Crippen LogP contribution is -2.55. The van der Waals surface area contributed by atoms with Gasteiger partial charge in [-0.2, -0.15) is 0 Å². The molecule has 8 nitrogen and oxygen atoms in total. The summed E-state index contributed by atoms with van der Waals surface area (Å²) in [6.07, 6.45) is 2.38. The molecule has 0 bridgehead atoms. The van der Waals surface area contributed by atoms with Gasteiger partial charge in [0, 0.05) is 64.5 Å². The molecule has 1 aromatic heterocycles. The van der Waals surface area contributed by atoms with Crippen molar-refractivity contribution < 1.29 is 9.53 Å². The van der Waals surface area contributed by atoms with Crippen LogP contribution in [0.3, 0.4) is 0 Å². The number of hydrogen-bond acceptors (Lipinski definition) is 7. The molecule has 0 saturated carbocycles. The number of hydrogen-bond donors (Lipinski definition) is 0. The Kier molecular flexibility index (Phi) is 7.44. The van der Waals surface area contributed by atoms with Gasteiger partial charge in [-0.3, -0.25) is 14.6 Å². The molecule has 2 aliphatic heterocycles. The van der Waals surface area contributed by atoms with Crippen molar-refractivity contribution >= 4 is 11.7 Å². The van der Waals surface area contributed by atoms with Gasteiger partial charge in [0.1, 0.15) is 0 Å². The van der Waals surface area contributed by atoms with E-state index in [0.717, 1.165) is 58.2 Å². The maximum absolute atomic E-state index is 12.7. The molecule has 28 heavy (non-hydrogen) atoms. The highest BCUT2D eigenvalue weighted by atomic mass is 16.5. The van der Waals surface area contributed by atoms with E-state index in [4.69, 9.17) is 4.74 Å². The molecule has 0 N–H and O–H groups in total. The first kappa shape index (κ1) is 20.8. The average molecular weight is 391 g/mol. The van der Waals surface area contributed by atoms with Crippen LogP contribution in [-0.4, -0.2) is 103 Å². The van der Waals surface area contributed by atoms with Crippen LogP contribution in [0.4, 0.5) is 5.82 Å². The first-order valence-electron chi connectivity index (χ1n) is 10.5. The number of ether oxygens (including phenoxy) is 1. The standard InChI is InChI=1S/C20H34N6O2/c1-4-17(5-2)24-12-14-26(15-13-24)20(27)16-23-8-10-25(11-9-23)18-6-7-19(28-3)22-21-18/h6-7,17H,4-5,8-16H2,1-3H3. The van der Waals surface area contributed by atoms with Crippen molar-refractivity contribution in [2.75, 3.05) is 70.9 Å². The number of carbonyl (C=O) groups is 1. The van der Waals surface area contributed by atoms with Crippen LogP contribution in [0.5, 0.6) is 5.88 Å². The number of anilines is 1. The summed E-state index contributed by atoms with van der Waals surface area (Å²) in [6, 6.07) is 4.43. The SMILES string of the molecule is CCC(CC)N1CCN(C(=O)CN2CCN(c3ccc(OC)nn3)CC2)CC1. The van der Waals surface area contributed by atoms with Gasteiger partial charge < -0.3 is 14.5 Å². The second-order valence-electron chi connectivity index (χ2n) is 7.58. The second kappa shape index (κ2) is 10.0. The first-order valence-corrected chi connectivity index (χ1v) is 10.5. The molecule has 2 aliphatic rings. The van der Waals surface area contributed by atoms with Crippen LogP contribution in [0.15, 0.2) is 12.1 Å². The maximum Gasteiger partial charge on any atom is 0.236 e. The number of methoxy groups -OCH3 is 1. The summed E-state index contributed by atoms with van der Waals surface area (Å²) in [6.45, 7) is 12.2. The molecule has 0 aliphatic carbocycles. The van der Waals surface area contributed by atoms with Gasteiger partial charge in [0.15, 0.2) is 5.82 Å². The van der Waals surface area contributed by atoms with E-state index in [0.29, 0.717) is 18.5 Å². The Morgan fingerprint density at radius 3 is 2.21 bits per heavy atom. The highest BCUT2D eigenvalue weighted by Gasteiger charge is 2.27. The molecule has 2 fully saturated rings. The molecule has 0 radical (unpaired) electrons. The summed E-state index contributed by atoms with van der Waals surface area (Å²) < 4.78 is 5.06. The highest BCUT2D eigenvalue weighted by molar-refractivity contribution is 5.78. The lowest BCUT2D eigenvalue weighted by molar-refractivity contribution is -0.134. The first-order chi connectivity index (χ1) is 13.6. The third-order valence-electron chi connectivity index (χ3n) is 6.02. The summed E-state index contributed by atoms with van der Waals surface area (Å²) in [5, 5.41) is 8.26.